The summed E-state index contributed by atoms with van der Waals surface area (Å²) >= 11 is 11.6. The largest absolute Gasteiger partial charge is 0.312 e. The summed E-state index contributed by atoms with van der Waals surface area (Å²) in [6, 6.07) is 5.06. The van der Waals surface area contributed by atoms with Crippen LogP contribution in [-0.4, -0.2) is 12.4 Å². The lowest BCUT2D eigenvalue weighted by Gasteiger charge is -2.12. The molecule has 0 unspecified atom stereocenters. The first-order valence-corrected chi connectivity index (χ1v) is 6.28. The highest BCUT2D eigenvalue weighted by molar-refractivity contribution is 6.30. The zero-order valence-electron chi connectivity index (χ0n) is 8.90. The molecule has 88 valence electrons. The topological polar surface area (TPSA) is 12.0 Å². The van der Waals surface area contributed by atoms with Crippen LogP contribution in [0.3, 0.4) is 0 Å². The summed E-state index contributed by atoms with van der Waals surface area (Å²) < 4.78 is 13.5. The molecule has 16 heavy (non-hydrogen) atoms. The molecule has 1 aromatic rings. The number of hydrogen-bond acceptors (Lipinski definition) is 1. The van der Waals surface area contributed by atoms with Crippen LogP contribution < -0.4 is 5.32 Å². The molecule has 0 amide bonds. The summed E-state index contributed by atoms with van der Waals surface area (Å²) in [5, 5.41) is 3.42. The first kappa shape index (κ1) is 12.2. The van der Waals surface area contributed by atoms with E-state index in [2.05, 4.69) is 5.32 Å². The van der Waals surface area contributed by atoms with Gasteiger partial charge >= 0.3 is 0 Å². The van der Waals surface area contributed by atoms with Gasteiger partial charge < -0.3 is 5.32 Å². The van der Waals surface area contributed by atoms with Crippen molar-refractivity contribution >= 4 is 23.2 Å². The Morgan fingerprint density at radius 3 is 2.75 bits per heavy atom. The van der Waals surface area contributed by atoms with E-state index in [4.69, 9.17) is 23.2 Å². The van der Waals surface area contributed by atoms with E-state index in [1.54, 1.807) is 18.2 Å². The van der Waals surface area contributed by atoms with Crippen molar-refractivity contribution in [1.82, 2.24) is 5.32 Å². The lowest BCUT2D eigenvalue weighted by molar-refractivity contribution is 0.496. The van der Waals surface area contributed by atoms with Crippen LogP contribution in [0, 0.1) is 11.2 Å². The lowest BCUT2D eigenvalue weighted by atomic mass is 10.1. The van der Waals surface area contributed by atoms with Gasteiger partial charge in [-0.05, 0) is 24.3 Å². The molecule has 0 radical (unpaired) electrons. The fourth-order valence-corrected chi connectivity index (χ4v) is 2.24. The number of hydrogen-bond donors (Lipinski definition) is 1. The first-order chi connectivity index (χ1) is 7.67. The molecule has 1 aliphatic carbocycles. The Hall–Kier alpha value is -0.310. The maximum atomic E-state index is 13.5. The van der Waals surface area contributed by atoms with Crippen LogP contribution >= 0.6 is 23.2 Å². The van der Waals surface area contributed by atoms with Crippen molar-refractivity contribution < 1.29 is 4.39 Å². The summed E-state index contributed by atoms with van der Waals surface area (Å²) in [6.07, 6.45) is 2.34. The third-order valence-corrected chi connectivity index (χ3v) is 3.95. The minimum atomic E-state index is -0.326. The van der Waals surface area contributed by atoms with E-state index < -0.39 is 0 Å². The van der Waals surface area contributed by atoms with Gasteiger partial charge in [0.05, 0.1) is 5.02 Å². The number of nitrogens with one attached hydrogen (secondary N) is 1. The van der Waals surface area contributed by atoms with Crippen molar-refractivity contribution in [2.75, 3.05) is 12.4 Å². The van der Waals surface area contributed by atoms with E-state index in [0.717, 1.165) is 6.54 Å². The van der Waals surface area contributed by atoms with Crippen molar-refractivity contribution in [2.45, 2.75) is 19.4 Å². The van der Waals surface area contributed by atoms with Gasteiger partial charge in [-0.1, -0.05) is 23.7 Å². The molecule has 0 heterocycles. The van der Waals surface area contributed by atoms with E-state index in [1.807, 2.05) is 0 Å². The van der Waals surface area contributed by atoms with Crippen LogP contribution in [-0.2, 0) is 6.54 Å². The maximum Gasteiger partial charge on any atom is 0.146 e. The standard InChI is InChI=1S/C12H14Cl2FN/c13-7-12(4-5-12)8-16-6-9-2-1-3-10(14)11(9)15/h1-3,16H,4-8H2. The maximum absolute atomic E-state index is 13.5. The second kappa shape index (κ2) is 4.91. The summed E-state index contributed by atoms with van der Waals surface area (Å²) in [7, 11) is 0. The van der Waals surface area contributed by atoms with Gasteiger partial charge in [-0.15, -0.1) is 11.6 Å². The van der Waals surface area contributed by atoms with E-state index in [1.165, 1.54) is 12.8 Å². The fraction of sp³-hybridized carbons (Fsp3) is 0.500. The Bertz CT molecular complexity index is 377. The third kappa shape index (κ3) is 2.68. The summed E-state index contributed by atoms with van der Waals surface area (Å²) in [5.41, 5.74) is 0.870. The Morgan fingerprint density at radius 2 is 2.12 bits per heavy atom. The van der Waals surface area contributed by atoms with Gasteiger partial charge in [0.25, 0.3) is 0 Å². The van der Waals surface area contributed by atoms with Crippen LogP contribution in [0.4, 0.5) is 4.39 Å². The predicted molar refractivity (Wildman–Crippen MR) is 65.5 cm³/mol. The minimum absolute atomic E-state index is 0.178. The molecule has 1 saturated carbocycles. The molecule has 0 atom stereocenters. The molecular weight excluding hydrogens is 248 g/mol. The fourth-order valence-electron chi connectivity index (χ4n) is 1.68. The molecular formula is C12H14Cl2FN. The van der Waals surface area contributed by atoms with Gasteiger partial charge in [-0.2, -0.15) is 0 Å². The molecule has 0 saturated heterocycles. The summed E-state index contributed by atoms with van der Waals surface area (Å²) in [6.45, 7) is 1.35. The second-order valence-corrected chi connectivity index (χ2v) is 5.12. The van der Waals surface area contributed by atoms with E-state index >= 15 is 0 Å². The highest BCUT2D eigenvalue weighted by Gasteiger charge is 2.41. The van der Waals surface area contributed by atoms with Crippen LogP contribution in [0.25, 0.3) is 0 Å². The van der Waals surface area contributed by atoms with Gasteiger partial charge in [0.1, 0.15) is 5.82 Å². The Kier molecular flexibility index (Phi) is 3.73. The van der Waals surface area contributed by atoms with Crippen molar-refractivity contribution in [2.24, 2.45) is 5.41 Å². The number of rotatable bonds is 5. The van der Waals surface area contributed by atoms with Crippen molar-refractivity contribution in [3.05, 3.63) is 34.6 Å². The van der Waals surface area contributed by atoms with Crippen LogP contribution in [0.5, 0.6) is 0 Å². The highest BCUT2D eigenvalue weighted by Crippen LogP contribution is 2.45. The highest BCUT2D eigenvalue weighted by atomic mass is 35.5. The van der Waals surface area contributed by atoms with E-state index in [-0.39, 0.29) is 16.3 Å². The van der Waals surface area contributed by atoms with E-state index in [0.29, 0.717) is 18.0 Å². The smallest absolute Gasteiger partial charge is 0.146 e. The number of halogens is 3. The van der Waals surface area contributed by atoms with E-state index in [9.17, 15) is 4.39 Å². The van der Waals surface area contributed by atoms with Crippen LogP contribution in [0.1, 0.15) is 18.4 Å². The first-order valence-electron chi connectivity index (χ1n) is 5.36. The molecule has 1 fully saturated rings. The zero-order valence-corrected chi connectivity index (χ0v) is 10.4. The quantitative estimate of drug-likeness (QED) is 0.799. The third-order valence-electron chi connectivity index (χ3n) is 3.09. The van der Waals surface area contributed by atoms with Gasteiger partial charge in [0.2, 0.25) is 0 Å². The molecule has 4 heteroatoms. The molecule has 1 nitrogen and oxygen atoms in total. The normalized spacial score (nSPS) is 17.4. The van der Waals surface area contributed by atoms with Gasteiger partial charge in [0, 0.05) is 24.5 Å². The number of alkyl halides is 1. The van der Waals surface area contributed by atoms with Crippen molar-refractivity contribution in [3.63, 3.8) is 0 Å². The van der Waals surface area contributed by atoms with Crippen molar-refractivity contribution in [3.8, 4) is 0 Å². The van der Waals surface area contributed by atoms with Gasteiger partial charge in [0.15, 0.2) is 0 Å². The lowest BCUT2D eigenvalue weighted by Crippen LogP contribution is -2.25. The monoisotopic (exact) mass is 261 g/mol. The average molecular weight is 262 g/mol. The summed E-state index contributed by atoms with van der Waals surface area (Å²) in [5.74, 6) is 0.352. The van der Waals surface area contributed by atoms with Crippen LogP contribution in [0.2, 0.25) is 5.02 Å². The molecule has 1 aliphatic rings. The molecule has 1 aromatic carbocycles. The van der Waals surface area contributed by atoms with Gasteiger partial charge in [-0.25, -0.2) is 4.39 Å². The second-order valence-electron chi connectivity index (χ2n) is 4.45. The van der Waals surface area contributed by atoms with Gasteiger partial charge in [-0.3, -0.25) is 0 Å². The number of benzene rings is 1. The molecule has 2 rings (SSSR count). The van der Waals surface area contributed by atoms with Crippen LogP contribution in [0.15, 0.2) is 18.2 Å². The summed E-state index contributed by atoms with van der Waals surface area (Å²) in [4.78, 5) is 0. The Balaban J connectivity index is 1.88. The predicted octanol–water partition coefficient (Wildman–Crippen LogP) is 3.59. The zero-order chi connectivity index (χ0) is 11.6. The Labute approximate surface area is 105 Å². The SMILES string of the molecule is Fc1c(Cl)cccc1CNCC1(CCl)CC1. The molecule has 1 N–H and O–H groups in total. The minimum Gasteiger partial charge on any atom is -0.312 e. The Morgan fingerprint density at radius 1 is 1.38 bits per heavy atom. The molecule has 0 aromatic heterocycles. The average Bonchev–Trinajstić information content (AvgIpc) is 3.05. The van der Waals surface area contributed by atoms with Crippen molar-refractivity contribution in [1.29, 1.82) is 0 Å². The molecule has 0 spiro atoms. The molecule has 0 aliphatic heterocycles. The molecule has 0 bridgehead atoms.